The molecule has 3 nitrogen and oxygen atoms in total. The Morgan fingerprint density at radius 2 is 2.09 bits per heavy atom. The van der Waals surface area contributed by atoms with Crippen molar-refractivity contribution in [3.05, 3.63) is 28.9 Å². The lowest BCUT2D eigenvalue weighted by Crippen LogP contribution is -2.29. The highest BCUT2D eigenvalue weighted by Gasteiger charge is 2.31. The van der Waals surface area contributed by atoms with Gasteiger partial charge in [0.05, 0.1) is 6.20 Å². The Morgan fingerprint density at radius 1 is 1.45 bits per heavy atom. The van der Waals surface area contributed by atoms with Crippen molar-refractivity contribution in [1.82, 2.24) is 9.55 Å². The standard InChI is InChI=1S/C5H3F3N2O/c6-5(7,8)10-2-1-9-3-4(10)11/h1-3H. The minimum absolute atomic E-state index is 0.347. The Morgan fingerprint density at radius 3 is 2.45 bits per heavy atom. The molecular weight excluding hydrogens is 161 g/mol. The van der Waals surface area contributed by atoms with Crippen molar-refractivity contribution in [2.24, 2.45) is 0 Å². The monoisotopic (exact) mass is 164 g/mol. The van der Waals surface area contributed by atoms with Gasteiger partial charge in [-0.1, -0.05) is 0 Å². The van der Waals surface area contributed by atoms with Crippen molar-refractivity contribution in [3.8, 4) is 0 Å². The maximum Gasteiger partial charge on any atom is 0.491 e. The van der Waals surface area contributed by atoms with E-state index in [0.29, 0.717) is 12.4 Å². The van der Waals surface area contributed by atoms with Crippen LogP contribution in [0.1, 0.15) is 0 Å². The highest BCUT2D eigenvalue weighted by atomic mass is 19.4. The SMILES string of the molecule is O=c1cnccn1C(F)(F)F. The molecular formula is C5H3F3N2O. The number of alkyl halides is 3. The lowest BCUT2D eigenvalue weighted by molar-refractivity contribution is -0.206. The summed E-state index contributed by atoms with van der Waals surface area (Å²) in [5.41, 5.74) is -1.18. The Kier molecular flexibility index (Phi) is 1.67. The van der Waals surface area contributed by atoms with Crippen LogP contribution < -0.4 is 5.56 Å². The molecule has 0 saturated heterocycles. The zero-order chi connectivity index (χ0) is 8.48. The first-order chi connectivity index (χ1) is 5.02. The Balaban J connectivity index is 3.26. The summed E-state index contributed by atoms with van der Waals surface area (Å²) in [4.78, 5) is 13.7. The molecule has 1 aromatic rings. The second kappa shape index (κ2) is 2.37. The predicted octanol–water partition coefficient (Wildman–Crippen LogP) is 0.720. The average Bonchev–Trinajstić information content (AvgIpc) is 1.86. The molecule has 1 heterocycles. The second-order valence-corrected chi connectivity index (χ2v) is 1.75. The minimum Gasteiger partial charge on any atom is -0.267 e. The summed E-state index contributed by atoms with van der Waals surface area (Å²) in [6, 6.07) is 0. The smallest absolute Gasteiger partial charge is 0.267 e. The molecule has 0 aromatic carbocycles. The molecule has 0 amide bonds. The van der Waals surface area contributed by atoms with E-state index >= 15 is 0 Å². The van der Waals surface area contributed by atoms with Crippen LogP contribution in [0, 0.1) is 0 Å². The van der Waals surface area contributed by atoms with E-state index < -0.39 is 11.9 Å². The molecule has 0 aliphatic heterocycles. The molecule has 1 aromatic heterocycles. The molecule has 6 heteroatoms. The largest absolute Gasteiger partial charge is 0.491 e. The van der Waals surface area contributed by atoms with Crippen molar-refractivity contribution in [3.63, 3.8) is 0 Å². The van der Waals surface area contributed by atoms with Gasteiger partial charge in [-0.2, -0.15) is 0 Å². The van der Waals surface area contributed by atoms with Crippen LogP contribution in [-0.4, -0.2) is 9.55 Å². The summed E-state index contributed by atoms with van der Waals surface area (Å²) in [5, 5.41) is 0. The Labute approximate surface area is 59.1 Å². The molecule has 0 fully saturated rings. The van der Waals surface area contributed by atoms with Gasteiger partial charge >= 0.3 is 6.30 Å². The van der Waals surface area contributed by atoms with Gasteiger partial charge in [-0.05, 0) is 0 Å². The number of aromatic nitrogens is 2. The van der Waals surface area contributed by atoms with E-state index in [1.54, 1.807) is 0 Å². The molecule has 0 spiro atoms. The molecule has 1 rings (SSSR count). The van der Waals surface area contributed by atoms with Crippen LogP contribution in [0.25, 0.3) is 0 Å². The number of hydrogen-bond acceptors (Lipinski definition) is 2. The summed E-state index contributed by atoms with van der Waals surface area (Å²) < 4.78 is 35.0. The topological polar surface area (TPSA) is 34.9 Å². The molecule has 0 N–H and O–H groups in total. The molecule has 0 atom stereocenters. The molecule has 0 bridgehead atoms. The lowest BCUT2D eigenvalue weighted by atomic mass is 10.7. The van der Waals surface area contributed by atoms with Gasteiger partial charge in [0, 0.05) is 12.4 Å². The molecule has 60 valence electrons. The quantitative estimate of drug-likeness (QED) is 0.566. The van der Waals surface area contributed by atoms with Gasteiger partial charge in [-0.15, -0.1) is 13.2 Å². The van der Waals surface area contributed by atoms with E-state index in [1.807, 2.05) is 0 Å². The molecule has 0 aliphatic rings. The second-order valence-electron chi connectivity index (χ2n) is 1.75. The van der Waals surface area contributed by atoms with E-state index in [9.17, 15) is 18.0 Å². The van der Waals surface area contributed by atoms with Gasteiger partial charge in [0.1, 0.15) is 0 Å². The number of hydrogen-bond donors (Lipinski definition) is 0. The van der Waals surface area contributed by atoms with Crippen LogP contribution in [0.4, 0.5) is 13.2 Å². The summed E-state index contributed by atoms with van der Waals surface area (Å²) in [6.07, 6.45) is -2.58. The third-order valence-electron chi connectivity index (χ3n) is 0.997. The Hall–Kier alpha value is -1.33. The normalized spacial score (nSPS) is 11.5. The van der Waals surface area contributed by atoms with Crippen LogP contribution >= 0.6 is 0 Å². The summed E-state index contributed by atoms with van der Waals surface area (Å²) in [6.45, 7) is 0. The summed E-state index contributed by atoms with van der Waals surface area (Å²) >= 11 is 0. The third-order valence-corrected chi connectivity index (χ3v) is 0.997. The molecule has 0 aliphatic carbocycles. The van der Waals surface area contributed by atoms with E-state index in [1.165, 1.54) is 0 Å². The van der Waals surface area contributed by atoms with Gasteiger partial charge in [0.25, 0.3) is 5.56 Å². The average molecular weight is 164 g/mol. The van der Waals surface area contributed by atoms with Crippen molar-refractivity contribution in [2.45, 2.75) is 6.30 Å². The zero-order valence-electron chi connectivity index (χ0n) is 5.17. The van der Waals surface area contributed by atoms with Crippen molar-refractivity contribution < 1.29 is 13.2 Å². The van der Waals surface area contributed by atoms with Crippen molar-refractivity contribution in [1.29, 1.82) is 0 Å². The van der Waals surface area contributed by atoms with Gasteiger partial charge < -0.3 is 0 Å². The van der Waals surface area contributed by atoms with Gasteiger partial charge in [-0.3, -0.25) is 9.78 Å². The first-order valence-corrected chi connectivity index (χ1v) is 2.61. The highest BCUT2D eigenvalue weighted by molar-refractivity contribution is 4.81. The van der Waals surface area contributed by atoms with Crippen LogP contribution in [-0.2, 0) is 6.30 Å². The zero-order valence-corrected chi connectivity index (χ0v) is 5.17. The maximum absolute atomic E-state index is 11.8. The first-order valence-electron chi connectivity index (χ1n) is 2.61. The molecule has 11 heavy (non-hydrogen) atoms. The first kappa shape index (κ1) is 7.77. The maximum atomic E-state index is 11.8. The van der Waals surface area contributed by atoms with E-state index in [-0.39, 0.29) is 4.57 Å². The third kappa shape index (κ3) is 1.57. The minimum atomic E-state index is -4.65. The summed E-state index contributed by atoms with van der Waals surface area (Å²) in [5.74, 6) is 0. The number of nitrogens with zero attached hydrogens (tertiary/aromatic N) is 2. The number of rotatable bonds is 0. The van der Waals surface area contributed by atoms with Crippen LogP contribution in [0.15, 0.2) is 23.4 Å². The molecule has 0 unspecified atom stereocenters. The van der Waals surface area contributed by atoms with Gasteiger partial charge in [0.2, 0.25) is 0 Å². The summed E-state index contributed by atoms with van der Waals surface area (Å²) in [7, 11) is 0. The predicted molar refractivity (Wildman–Crippen MR) is 29.8 cm³/mol. The molecule has 0 radical (unpaired) electrons. The van der Waals surface area contributed by atoms with Crippen molar-refractivity contribution >= 4 is 0 Å². The van der Waals surface area contributed by atoms with Crippen molar-refractivity contribution in [2.75, 3.05) is 0 Å². The van der Waals surface area contributed by atoms with E-state index in [2.05, 4.69) is 4.98 Å². The molecule has 0 saturated carbocycles. The number of halogens is 3. The van der Waals surface area contributed by atoms with Gasteiger partial charge in [0.15, 0.2) is 0 Å². The van der Waals surface area contributed by atoms with E-state index in [4.69, 9.17) is 0 Å². The fourth-order valence-electron chi connectivity index (χ4n) is 0.557. The fourth-order valence-corrected chi connectivity index (χ4v) is 0.557. The Bertz CT molecular complexity index is 303. The highest BCUT2D eigenvalue weighted by Crippen LogP contribution is 2.18. The van der Waals surface area contributed by atoms with Crippen LogP contribution in [0.2, 0.25) is 0 Å². The van der Waals surface area contributed by atoms with E-state index in [0.717, 1.165) is 6.20 Å². The lowest BCUT2D eigenvalue weighted by Gasteiger charge is -2.06. The fraction of sp³-hybridized carbons (Fsp3) is 0.200. The van der Waals surface area contributed by atoms with Crippen LogP contribution in [0.3, 0.4) is 0 Å². The van der Waals surface area contributed by atoms with Gasteiger partial charge in [-0.25, -0.2) is 4.57 Å². The van der Waals surface area contributed by atoms with Crippen LogP contribution in [0.5, 0.6) is 0 Å².